The van der Waals surface area contributed by atoms with Crippen molar-refractivity contribution in [3.8, 4) is 11.5 Å². The average Bonchev–Trinajstić information content (AvgIpc) is 2.46. The van der Waals surface area contributed by atoms with Gasteiger partial charge in [0.1, 0.15) is 11.5 Å². The normalized spacial score (nSPS) is 11.9. The molecule has 2 aromatic rings. The highest BCUT2D eigenvalue weighted by Crippen LogP contribution is 2.24. The summed E-state index contributed by atoms with van der Waals surface area (Å²) in [6, 6.07) is 18.5. The topological polar surface area (TPSA) is 21.3 Å². The van der Waals surface area contributed by atoms with Crippen LogP contribution in [0.4, 0.5) is 5.69 Å². The van der Waals surface area contributed by atoms with Crippen molar-refractivity contribution < 1.29 is 4.74 Å². The quantitative estimate of drug-likeness (QED) is 0.719. The van der Waals surface area contributed by atoms with Gasteiger partial charge in [-0.15, -0.1) is 0 Å². The predicted molar refractivity (Wildman–Crippen MR) is 85.6 cm³/mol. The minimum absolute atomic E-state index is 0.488. The van der Waals surface area contributed by atoms with Crippen molar-refractivity contribution in [2.45, 2.75) is 39.2 Å². The molecule has 1 atom stereocenters. The maximum Gasteiger partial charge on any atom is 0.129 e. The summed E-state index contributed by atoms with van der Waals surface area (Å²) in [6.45, 7) is 4.45. The van der Waals surface area contributed by atoms with Crippen molar-refractivity contribution in [1.82, 2.24) is 0 Å². The lowest BCUT2D eigenvalue weighted by molar-refractivity contribution is 0.483. The van der Waals surface area contributed by atoms with E-state index < -0.39 is 0 Å². The molecule has 0 aliphatic rings. The van der Waals surface area contributed by atoms with E-state index in [1.807, 2.05) is 42.5 Å². The standard InChI is InChI=1S/C18H23NO/c1-3-4-9-15(2)19-16-10-8-13-18(14-16)20-17-11-6-5-7-12-17/h5-8,10-15,19H,3-4,9H2,1-2H3. The largest absolute Gasteiger partial charge is 0.457 e. The summed E-state index contributed by atoms with van der Waals surface area (Å²) in [6.07, 6.45) is 3.69. The first kappa shape index (κ1) is 14.4. The number of anilines is 1. The average molecular weight is 269 g/mol. The third kappa shape index (κ3) is 4.61. The molecule has 0 saturated carbocycles. The molecule has 1 unspecified atom stereocenters. The van der Waals surface area contributed by atoms with E-state index in [0.717, 1.165) is 17.2 Å². The van der Waals surface area contributed by atoms with Crippen LogP contribution in [0.15, 0.2) is 54.6 Å². The van der Waals surface area contributed by atoms with Gasteiger partial charge >= 0.3 is 0 Å². The molecular weight excluding hydrogens is 246 g/mol. The van der Waals surface area contributed by atoms with E-state index in [0.29, 0.717) is 6.04 Å². The second-order valence-corrected chi connectivity index (χ2v) is 5.13. The number of nitrogens with one attached hydrogen (secondary N) is 1. The van der Waals surface area contributed by atoms with Crippen LogP contribution >= 0.6 is 0 Å². The molecular formula is C18H23NO. The first-order chi connectivity index (χ1) is 9.78. The highest BCUT2D eigenvalue weighted by molar-refractivity contribution is 5.49. The Balaban J connectivity index is 1.97. The zero-order valence-corrected chi connectivity index (χ0v) is 12.3. The smallest absolute Gasteiger partial charge is 0.129 e. The molecule has 2 rings (SSSR count). The summed E-state index contributed by atoms with van der Waals surface area (Å²) in [5.41, 5.74) is 1.11. The van der Waals surface area contributed by atoms with E-state index >= 15 is 0 Å². The summed E-state index contributed by atoms with van der Waals surface area (Å²) in [5, 5.41) is 3.52. The summed E-state index contributed by atoms with van der Waals surface area (Å²) in [5.74, 6) is 1.73. The van der Waals surface area contributed by atoms with Crippen LogP contribution in [0.3, 0.4) is 0 Å². The Bertz CT molecular complexity index is 510. The van der Waals surface area contributed by atoms with E-state index in [2.05, 4.69) is 31.3 Å². The van der Waals surface area contributed by atoms with Gasteiger partial charge in [0, 0.05) is 17.8 Å². The maximum atomic E-state index is 5.84. The van der Waals surface area contributed by atoms with Crippen molar-refractivity contribution in [3.05, 3.63) is 54.6 Å². The fourth-order valence-electron chi connectivity index (χ4n) is 2.14. The van der Waals surface area contributed by atoms with Crippen LogP contribution in [0.1, 0.15) is 33.1 Å². The lowest BCUT2D eigenvalue weighted by Gasteiger charge is -2.15. The Labute approximate surface area is 121 Å². The van der Waals surface area contributed by atoms with Crippen LogP contribution in [0.5, 0.6) is 11.5 Å². The predicted octanol–water partition coefficient (Wildman–Crippen LogP) is 5.47. The van der Waals surface area contributed by atoms with Gasteiger partial charge in [-0.2, -0.15) is 0 Å². The van der Waals surface area contributed by atoms with Gasteiger partial charge in [0.2, 0.25) is 0 Å². The molecule has 2 nitrogen and oxygen atoms in total. The van der Waals surface area contributed by atoms with Gasteiger partial charge in [0.15, 0.2) is 0 Å². The van der Waals surface area contributed by atoms with Crippen LogP contribution in [0.2, 0.25) is 0 Å². The second-order valence-electron chi connectivity index (χ2n) is 5.13. The Morgan fingerprint density at radius 1 is 1.00 bits per heavy atom. The molecule has 2 aromatic carbocycles. The number of ether oxygens (including phenoxy) is 1. The van der Waals surface area contributed by atoms with Crippen LogP contribution < -0.4 is 10.1 Å². The molecule has 0 radical (unpaired) electrons. The highest BCUT2D eigenvalue weighted by atomic mass is 16.5. The molecule has 0 aliphatic heterocycles. The third-order valence-corrected chi connectivity index (χ3v) is 3.22. The summed E-state index contributed by atoms with van der Waals surface area (Å²) >= 11 is 0. The molecule has 20 heavy (non-hydrogen) atoms. The molecule has 0 aliphatic carbocycles. The van der Waals surface area contributed by atoms with Gasteiger partial charge in [-0.05, 0) is 37.6 Å². The van der Waals surface area contributed by atoms with Crippen LogP contribution in [0.25, 0.3) is 0 Å². The molecule has 1 N–H and O–H groups in total. The molecule has 0 aromatic heterocycles. The fraction of sp³-hybridized carbons (Fsp3) is 0.333. The molecule has 0 saturated heterocycles. The molecule has 2 heteroatoms. The number of rotatable bonds is 7. The van der Waals surface area contributed by atoms with E-state index in [4.69, 9.17) is 4.74 Å². The van der Waals surface area contributed by atoms with Crippen LogP contribution in [-0.4, -0.2) is 6.04 Å². The van der Waals surface area contributed by atoms with Crippen molar-refractivity contribution in [1.29, 1.82) is 0 Å². The Kier molecular flexibility index (Phi) is 5.48. The number of benzene rings is 2. The summed E-state index contributed by atoms with van der Waals surface area (Å²) in [7, 11) is 0. The summed E-state index contributed by atoms with van der Waals surface area (Å²) < 4.78 is 5.84. The maximum absolute atomic E-state index is 5.84. The van der Waals surface area contributed by atoms with Crippen molar-refractivity contribution >= 4 is 5.69 Å². The lowest BCUT2D eigenvalue weighted by Crippen LogP contribution is -2.14. The van der Waals surface area contributed by atoms with E-state index in [9.17, 15) is 0 Å². The molecule has 0 bridgehead atoms. The number of hydrogen-bond acceptors (Lipinski definition) is 2. The van der Waals surface area contributed by atoms with E-state index in [-0.39, 0.29) is 0 Å². The molecule has 0 spiro atoms. The SMILES string of the molecule is CCCCC(C)Nc1cccc(Oc2ccccc2)c1. The number of unbranched alkanes of at least 4 members (excludes halogenated alkanes) is 1. The van der Waals surface area contributed by atoms with Gasteiger partial charge in [0.05, 0.1) is 0 Å². The van der Waals surface area contributed by atoms with Crippen molar-refractivity contribution in [3.63, 3.8) is 0 Å². The minimum atomic E-state index is 0.488. The van der Waals surface area contributed by atoms with Gasteiger partial charge in [-0.3, -0.25) is 0 Å². The zero-order chi connectivity index (χ0) is 14.2. The number of hydrogen-bond donors (Lipinski definition) is 1. The van der Waals surface area contributed by atoms with Gasteiger partial charge in [-0.1, -0.05) is 44.0 Å². The highest BCUT2D eigenvalue weighted by Gasteiger charge is 2.03. The third-order valence-electron chi connectivity index (χ3n) is 3.22. The Hall–Kier alpha value is -1.96. The van der Waals surface area contributed by atoms with Crippen molar-refractivity contribution in [2.24, 2.45) is 0 Å². The zero-order valence-electron chi connectivity index (χ0n) is 12.3. The van der Waals surface area contributed by atoms with Crippen molar-refractivity contribution in [2.75, 3.05) is 5.32 Å². The summed E-state index contributed by atoms with van der Waals surface area (Å²) in [4.78, 5) is 0. The number of para-hydroxylation sites is 1. The molecule has 0 amide bonds. The van der Waals surface area contributed by atoms with E-state index in [1.54, 1.807) is 0 Å². The Morgan fingerprint density at radius 2 is 1.75 bits per heavy atom. The van der Waals surface area contributed by atoms with Gasteiger partial charge < -0.3 is 10.1 Å². The van der Waals surface area contributed by atoms with Gasteiger partial charge in [-0.25, -0.2) is 0 Å². The Morgan fingerprint density at radius 3 is 2.50 bits per heavy atom. The molecule has 106 valence electrons. The lowest BCUT2D eigenvalue weighted by atomic mass is 10.1. The molecule has 0 fully saturated rings. The second kappa shape index (κ2) is 7.59. The minimum Gasteiger partial charge on any atom is -0.457 e. The van der Waals surface area contributed by atoms with E-state index in [1.165, 1.54) is 19.3 Å². The van der Waals surface area contributed by atoms with Gasteiger partial charge in [0.25, 0.3) is 0 Å². The first-order valence-electron chi connectivity index (χ1n) is 7.37. The monoisotopic (exact) mass is 269 g/mol. The first-order valence-corrected chi connectivity index (χ1v) is 7.37. The molecule has 0 heterocycles. The fourth-order valence-corrected chi connectivity index (χ4v) is 2.14. The van der Waals surface area contributed by atoms with Crippen LogP contribution in [0, 0.1) is 0 Å². The van der Waals surface area contributed by atoms with Crippen LogP contribution in [-0.2, 0) is 0 Å².